The zero-order valence-electron chi connectivity index (χ0n) is 19.2. The van der Waals surface area contributed by atoms with Crippen molar-refractivity contribution in [2.24, 2.45) is 5.10 Å². The van der Waals surface area contributed by atoms with Gasteiger partial charge in [0.1, 0.15) is 5.75 Å². The van der Waals surface area contributed by atoms with Crippen LogP contribution in [0.25, 0.3) is 5.69 Å². The van der Waals surface area contributed by atoms with Gasteiger partial charge in [-0.1, -0.05) is 0 Å². The van der Waals surface area contributed by atoms with Crippen molar-refractivity contribution in [1.29, 1.82) is 0 Å². The molecule has 1 N–H and O–H groups in total. The first kappa shape index (κ1) is 24.2. The van der Waals surface area contributed by atoms with E-state index in [0.29, 0.717) is 12.2 Å². The Morgan fingerprint density at radius 1 is 1.15 bits per heavy atom. The maximum atomic E-state index is 12.5. The van der Waals surface area contributed by atoms with E-state index in [1.165, 1.54) is 25.5 Å². The highest BCUT2D eigenvalue weighted by Gasteiger charge is 2.17. The summed E-state index contributed by atoms with van der Waals surface area (Å²) in [5.41, 5.74) is 6.03. The van der Waals surface area contributed by atoms with Crippen molar-refractivity contribution in [3.63, 3.8) is 0 Å². The van der Waals surface area contributed by atoms with E-state index >= 15 is 0 Å². The van der Waals surface area contributed by atoms with Gasteiger partial charge >= 0.3 is 5.97 Å². The van der Waals surface area contributed by atoms with Crippen LogP contribution in [0.15, 0.2) is 53.6 Å². The molecule has 0 unspecified atom stereocenters. The average molecular weight is 464 g/mol. The van der Waals surface area contributed by atoms with Gasteiger partial charge < -0.3 is 14.0 Å². The zero-order valence-corrected chi connectivity index (χ0v) is 19.2. The maximum absolute atomic E-state index is 12.5. The Hall–Kier alpha value is -4.47. The molecule has 10 heteroatoms. The van der Waals surface area contributed by atoms with Crippen molar-refractivity contribution in [2.75, 3.05) is 13.7 Å². The third kappa shape index (κ3) is 5.12. The number of nitrogens with one attached hydrogen (secondary N) is 1. The number of nitro groups is 1. The molecule has 0 fully saturated rings. The van der Waals surface area contributed by atoms with Gasteiger partial charge in [0.15, 0.2) is 0 Å². The number of hydrogen-bond acceptors (Lipinski definition) is 7. The van der Waals surface area contributed by atoms with E-state index in [1.54, 1.807) is 19.1 Å². The Bertz CT molecular complexity index is 1260. The normalized spacial score (nSPS) is 10.8. The number of non-ortho nitro benzene ring substituents is 1. The fraction of sp³-hybridized carbons (Fsp3) is 0.208. The molecule has 0 aliphatic rings. The van der Waals surface area contributed by atoms with Crippen molar-refractivity contribution >= 4 is 23.8 Å². The molecule has 0 bridgehead atoms. The molecule has 1 amide bonds. The minimum Gasteiger partial charge on any atom is -0.496 e. The van der Waals surface area contributed by atoms with Crippen LogP contribution < -0.4 is 10.2 Å². The van der Waals surface area contributed by atoms with E-state index in [1.807, 2.05) is 36.6 Å². The number of rotatable bonds is 8. The Balaban J connectivity index is 1.79. The lowest BCUT2D eigenvalue weighted by atomic mass is 10.1. The first-order chi connectivity index (χ1) is 16.3. The fourth-order valence-electron chi connectivity index (χ4n) is 3.48. The zero-order chi connectivity index (χ0) is 24.8. The molecule has 3 rings (SSSR count). The monoisotopic (exact) mass is 464 g/mol. The number of benzene rings is 2. The summed E-state index contributed by atoms with van der Waals surface area (Å²) >= 11 is 0. The summed E-state index contributed by atoms with van der Waals surface area (Å²) in [6.07, 6.45) is 1.49. The van der Waals surface area contributed by atoms with Crippen molar-refractivity contribution in [3.05, 3.63) is 86.7 Å². The maximum Gasteiger partial charge on any atom is 0.338 e. The minimum absolute atomic E-state index is 0.000937. The molecule has 3 aromatic rings. The lowest BCUT2D eigenvalue weighted by Crippen LogP contribution is -2.18. The predicted octanol–water partition coefficient (Wildman–Crippen LogP) is 3.95. The molecule has 0 aliphatic carbocycles. The van der Waals surface area contributed by atoms with E-state index in [-0.39, 0.29) is 23.0 Å². The Morgan fingerprint density at radius 3 is 2.47 bits per heavy atom. The number of nitro benzene ring substituents is 1. The number of esters is 1. The number of aryl methyl sites for hydroxylation is 1. The van der Waals surface area contributed by atoms with Crippen molar-refractivity contribution in [1.82, 2.24) is 9.99 Å². The van der Waals surface area contributed by atoms with Gasteiger partial charge in [-0.05, 0) is 57.2 Å². The summed E-state index contributed by atoms with van der Waals surface area (Å²) < 4.78 is 12.1. The summed E-state index contributed by atoms with van der Waals surface area (Å²) in [6, 6.07) is 12.7. The van der Waals surface area contributed by atoms with Gasteiger partial charge in [-0.3, -0.25) is 14.9 Å². The number of aromatic nitrogens is 1. The molecular weight excluding hydrogens is 440 g/mol. The average Bonchev–Trinajstić information content (AvgIpc) is 3.11. The molecule has 10 nitrogen and oxygen atoms in total. The van der Waals surface area contributed by atoms with E-state index in [4.69, 9.17) is 9.47 Å². The number of nitrogens with zero attached hydrogens (tertiary/aromatic N) is 3. The van der Waals surface area contributed by atoms with Gasteiger partial charge in [-0.25, -0.2) is 10.2 Å². The first-order valence-electron chi connectivity index (χ1n) is 10.4. The first-order valence-corrected chi connectivity index (χ1v) is 10.4. The van der Waals surface area contributed by atoms with Crippen molar-refractivity contribution in [2.45, 2.75) is 20.8 Å². The quantitative estimate of drug-likeness (QED) is 0.233. The molecule has 176 valence electrons. The highest BCUT2D eigenvalue weighted by atomic mass is 16.6. The smallest absolute Gasteiger partial charge is 0.338 e. The molecule has 0 radical (unpaired) electrons. The van der Waals surface area contributed by atoms with Crippen LogP contribution in [0.1, 0.15) is 44.6 Å². The number of hydrazone groups is 1. The molecule has 1 heterocycles. The number of methoxy groups -OCH3 is 1. The largest absolute Gasteiger partial charge is 0.496 e. The van der Waals surface area contributed by atoms with E-state index < -0.39 is 10.8 Å². The Kier molecular flexibility index (Phi) is 7.42. The lowest BCUT2D eigenvalue weighted by molar-refractivity contribution is -0.384. The molecular formula is C24H24N4O6. The summed E-state index contributed by atoms with van der Waals surface area (Å²) in [5.74, 6) is -0.818. The van der Waals surface area contributed by atoms with Gasteiger partial charge in [-0.2, -0.15) is 5.10 Å². The molecule has 34 heavy (non-hydrogen) atoms. The van der Waals surface area contributed by atoms with Crippen molar-refractivity contribution in [3.8, 4) is 11.4 Å². The molecule has 0 saturated carbocycles. The van der Waals surface area contributed by atoms with Gasteiger partial charge in [0.2, 0.25) is 0 Å². The van der Waals surface area contributed by atoms with Gasteiger partial charge in [0.05, 0.1) is 36.0 Å². The molecule has 0 atom stereocenters. The van der Waals surface area contributed by atoms with Gasteiger partial charge in [0.25, 0.3) is 11.6 Å². The highest BCUT2D eigenvalue weighted by molar-refractivity contribution is 5.98. The van der Waals surface area contributed by atoms with E-state index in [9.17, 15) is 19.7 Å². The van der Waals surface area contributed by atoms with Crippen LogP contribution in [0.2, 0.25) is 0 Å². The number of amides is 1. The molecule has 0 spiro atoms. The number of carbonyl (C=O) groups excluding carboxylic acids is 2. The highest BCUT2D eigenvalue weighted by Crippen LogP contribution is 2.24. The minimum atomic E-state index is -0.639. The molecule has 2 aromatic carbocycles. The topological polar surface area (TPSA) is 125 Å². The van der Waals surface area contributed by atoms with E-state index in [0.717, 1.165) is 28.7 Å². The lowest BCUT2D eigenvalue weighted by Gasteiger charge is -2.10. The van der Waals surface area contributed by atoms with Crippen LogP contribution in [0.3, 0.4) is 0 Å². The number of ether oxygens (including phenoxy) is 2. The third-order valence-corrected chi connectivity index (χ3v) is 5.12. The molecule has 1 aromatic heterocycles. The van der Waals surface area contributed by atoms with Crippen LogP contribution in [-0.2, 0) is 4.74 Å². The van der Waals surface area contributed by atoms with Crippen LogP contribution in [0.5, 0.6) is 5.75 Å². The van der Waals surface area contributed by atoms with Gasteiger partial charge in [-0.15, -0.1) is 0 Å². The second kappa shape index (κ2) is 10.4. The second-order valence-corrected chi connectivity index (χ2v) is 7.27. The Labute approximate surface area is 196 Å². The fourth-order valence-corrected chi connectivity index (χ4v) is 3.48. The third-order valence-electron chi connectivity index (χ3n) is 5.12. The second-order valence-electron chi connectivity index (χ2n) is 7.27. The summed E-state index contributed by atoms with van der Waals surface area (Å²) in [6.45, 7) is 5.89. The van der Waals surface area contributed by atoms with E-state index in [2.05, 4.69) is 10.5 Å². The summed E-state index contributed by atoms with van der Waals surface area (Å²) in [5, 5.41) is 15.0. The van der Waals surface area contributed by atoms with Crippen LogP contribution in [0, 0.1) is 24.0 Å². The molecule has 0 saturated heterocycles. The Morgan fingerprint density at radius 2 is 1.85 bits per heavy atom. The van der Waals surface area contributed by atoms with Gasteiger partial charge in [0, 0.05) is 34.8 Å². The SMILES string of the molecule is CCOC(=O)c1ccc(-n2c(C)cc(/C=N\NC(=O)c3cc([N+](=O)[O-])ccc3OC)c2C)cc1. The summed E-state index contributed by atoms with van der Waals surface area (Å²) in [7, 11) is 1.37. The van der Waals surface area contributed by atoms with Crippen LogP contribution >= 0.6 is 0 Å². The number of carbonyl (C=O) groups is 2. The standard InChI is InChI=1S/C24H24N4O6/c1-5-34-24(30)17-6-8-19(9-7-17)27-15(2)12-18(16(27)3)14-25-26-23(29)21-13-20(28(31)32)10-11-22(21)33-4/h6-14H,5H2,1-4H3,(H,26,29)/b25-14-. The number of hydrogen-bond donors (Lipinski definition) is 1. The summed E-state index contributed by atoms with van der Waals surface area (Å²) in [4.78, 5) is 34.8. The molecule has 0 aliphatic heterocycles. The predicted molar refractivity (Wildman–Crippen MR) is 126 cm³/mol. The van der Waals surface area contributed by atoms with Crippen LogP contribution in [-0.4, -0.2) is 41.3 Å². The van der Waals surface area contributed by atoms with Crippen LogP contribution in [0.4, 0.5) is 5.69 Å². The van der Waals surface area contributed by atoms with Crippen molar-refractivity contribution < 1.29 is 24.0 Å².